The van der Waals surface area contributed by atoms with Crippen molar-refractivity contribution >= 4 is 35.0 Å². The number of benzene rings is 1. The standard InChI is InChI=1S/C14H15N3O5S/c1-21-9-4-3-8(5-10(9)22-2)7-15-17-14-16-12(18)6-11(23-14)13(19)20/h3-5,7,11H,6H2,1-2H3,(H,19,20)(H,16,17,18)/p-1/b15-7-/t11-/m0/s1. The molecule has 23 heavy (non-hydrogen) atoms. The molecule has 1 N–H and O–H groups in total. The summed E-state index contributed by atoms with van der Waals surface area (Å²) in [5.74, 6) is -0.608. The molecule has 0 bridgehead atoms. The van der Waals surface area contributed by atoms with Crippen molar-refractivity contribution in [3.8, 4) is 11.5 Å². The van der Waals surface area contributed by atoms with Crippen LogP contribution in [-0.4, -0.2) is 42.7 Å². The van der Waals surface area contributed by atoms with Crippen LogP contribution in [-0.2, 0) is 9.59 Å². The Morgan fingerprint density at radius 2 is 2.13 bits per heavy atom. The number of amides is 1. The van der Waals surface area contributed by atoms with Crippen molar-refractivity contribution in [2.75, 3.05) is 14.2 Å². The molecule has 1 fully saturated rings. The summed E-state index contributed by atoms with van der Waals surface area (Å²) >= 11 is 0.890. The van der Waals surface area contributed by atoms with E-state index >= 15 is 0 Å². The Bertz CT molecular complexity index is 674. The zero-order chi connectivity index (χ0) is 16.8. The molecule has 8 nitrogen and oxygen atoms in total. The number of rotatable bonds is 5. The van der Waals surface area contributed by atoms with Gasteiger partial charge in [-0.2, -0.15) is 5.10 Å². The van der Waals surface area contributed by atoms with Gasteiger partial charge in [0.2, 0.25) is 5.91 Å². The minimum absolute atomic E-state index is 0.118. The summed E-state index contributed by atoms with van der Waals surface area (Å²) in [6.45, 7) is 0. The van der Waals surface area contributed by atoms with Crippen LogP contribution in [0.25, 0.3) is 0 Å². The summed E-state index contributed by atoms with van der Waals surface area (Å²) in [6.07, 6.45) is 1.30. The van der Waals surface area contributed by atoms with E-state index in [-0.39, 0.29) is 11.6 Å². The predicted octanol–water partition coefficient (Wildman–Crippen LogP) is -0.235. The second kappa shape index (κ2) is 7.63. The van der Waals surface area contributed by atoms with E-state index in [0.29, 0.717) is 17.1 Å². The van der Waals surface area contributed by atoms with Crippen molar-refractivity contribution in [3.63, 3.8) is 0 Å². The fourth-order valence-electron chi connectivity index (χ4n) is 1.81. The predicted molar refractivity (Wildman–Crippen MR) is 83.7 cm³/mol. The largest absolute Gasteiger partial charge is 0.549 e. The topological polar surface area (TPSA) is 112 Å². The molecule has 2 rings (SSSR count). The van der Waals surface area contributed by atoms with E-state index in [1.54, 1.807) is 18.2 Å². The lowest BCUT2D eigenvalue weighted by Gasteiger charge is -2.22. The molecule has 1 heterocycles. The van der Waals surface area contributed by atoms with Crippen LogP contribution in [0.2, 0.25) is 0 Å². The number of ether oxygens (including phenoxy) is 2. The SMILES string of the molecule is COc1ccc(/C=N\N=C2/NC(=O)C[C@@H](C(=O)[O-])S2)cc1OC. The Hall–Kier alpha value is -2.55. The maximum absolute atomic E-state index is 11.4. The van der Waals surface area contributed by atoms with Gasteiger partial charge >= 0.3 is 0 Å². The highest BCUT2D eigenvalue weighted by atomic mass is 32.2. The molecule has 1 atom stereocenters. The van der Waals surface area contributed by atoms with Crippen LogP contribution >= 0.6 is 11.8 Å². The quantitative estimate of drug-likeness (QED) is 0.587. The van der Waals surface area contributed by atoms with Gasteiger partial charge in [0.15, 0.2) is 16.7 Å². The van der Waals surface area contributed by atoms with Gasteiger partial charge < -0.3 is 24.7 Å². The lowest BCUT2D eigenvalue weighted by atomic mass is 10.2. The maximum Gasteiger partial charge on any atom is 0.227 e. The molecule has 1 aromatic carbocycles. The van der Waals surface area contributed by atoms with Crippen LogP contribution in [0.15, 0.2) is 28.4 Å². The van der Waals surface area contributed by atoms with Crippen molar-refractivity contribution < 1.29 is 24.2 Å². The number of nitrogens with one attached hydrogen (secondary N) is 1. The molecule has 0 unspecified atom stereocenters. The molecule has 122 valence electrons. The van der Waals surface area contributed by atoms with Crippen molar-refractivity contribution in [1.29, 1.82) is 0 Å². The van der Waals surface area contributed by atoms with Gasteiger partial charge in [-0.3, -0.25) is 4.79 Å². The second-order valence-electron chi connectivity index (χ2n) is 4.44. The van der Waals surface area contributed by atoms with Crippen molar-refractivity contribution in [2.24, 2.45) is 10.2 Å². The van der Waals surface area contributed by atoms with Crippen LogP contribution in [0, 0.1) is 0 Å². The van der Waals surface area contributed by atoms with Crippen LogP contribution in [0.1, 0.15) is 12.0 Å². The molecule has 0 aliphatic carbocycles. The van der Waals surface area contributed by atoms with Crippen molar-refractivity contribution in [2.45, 2.75) is 11.7 Å². The third kappa shape index (κ3) is 4.46. The molecule has 1 aliphatic heterocycles. The van der Waals surface area contributed by atoms with E-state index in [4.69, 9.17) is 9.47 Å². The average molecular weight is 336 g/mol. The normalized spacial score (nSPS) is 19.7. The van der Waals surface area contributed by atoms with Gasteiger partial charge in [0.25, 0.3) is 0 Å². The van der Waals surface area contributed by atoms with E-state index in [1.807, 2.05) is 0 Å². The second-order valence-corrected chi connectivity index (χ2v) is 5.63. The number of carbonyl (C=O) groups is 2. The van der Waals surface area contributed by atoms with Gasteiger partial charge in [-0.05, 0) is 23.8 Å². The molecule has 1 saturated heterocycles. The Morgan fingerprint density at radius 1 is 1.39 bits per heavy atom. The molecular weight excluding hydrogens is 322 g/mol. The zero-order valence-corrected chi connectivity index (χ0v) is 13.3. The molecule has 0 aromatic heterocycles. The summed E-state index contributed by atoms with van der Waals surface area (Å²) in [5, 5.41) is 20.1. The van der Waals surface area contributed by atoms with Gasteiger partial charge in [-0.1, -0.05) is 11.8 Å². The van der Waals surface area contributed by atoms with Crippen LogP contribution < -0.4 is 19.9 Å². The van der Waals surface area contributed by atoms with Crippen LogP contribution in [0.3, 0.4) is 0 Å². The molecule has 0 saturated carbocycles. The molecule has 1 amide bonds. The molecule has 9 heteroatoms. The average Bonchev–Trinajstić information content (AvgIpc) is 2.54. The minimum Gasteiger partial charge on any atom is -0.549 e. The Kier molecular flexibility index (Phi) is 5.58. The van der Waals surface area contributed by atoms with Gasteiger partial charge in [0.05, 0.1) is 31.7 Å². The first-order valence-corrected chi connectivity index (χ1v) is 7.42. The third-order valence-electron chi connectivity index (χ3n) is 2.90. The highest BCUT2D eigenvalue weighted by Crippen LogP contribution is 2.27. The zero-order valence-electron chi connectivity index (χ0n) is 12.4. The number of hydrogen-bond acceptors (Lipinski definition) is 8. The first kappa shape index (κ1) is 16.8. The minimum atomic E-state index is -1.30. The molecule has 1 aliphatic rings. The molecule has 0 spiro atoms. The van der Waals surface area contributed by atoms with E-state index in [9.17, 15) is 14.7 Å². The van der Waals surface area contributed by atoms with Gasteiger partial charge in [-0.15, -0.1) is 5.10 Å². The monoisotopic (exact) mass is 336 g/mol. The van der Waals surface area contributed by atoms with Gasteiger partial charge in [0, 0.05) is 6.42 Å². The highest BCUT2D eigenvalue weighted by Gasteiger charge is 2.25. The highest BCUT2D eigenvalue weighted by molar-refractivity contribution is 8.15. The first-order valence-electron chi connectivity index (χ1n) is 6.54. The maximum atomic E-state index is 11.4. The summed E-state index contributed by atoms with van der Waals surface area (Å²) < 4.78 is 10.3. The number of carboxylic acids is 1. The third-order valence-corrected chi connectivity index (χ3v) is 3.95. The number of carbonyl (C=O) groups excluding carboxylic acids is 2. The first-order chi connectivity index (χ1) is 11.0. The van der Waals surface area contributed by atoms with Gasteiger partial charge in [-0.25, -0.2) is 0 Å². The van der Waals surface area contributed by atoms with Crippen LogP contribution in [0.5, 0.6) is 11.5 Å². The molecule has 1 aromatic rings. The lowest BCUT2D eigenvalue weighted by molar-refractivity contribution is -0.304. The number of amidine groups is 1. The van der Waals surface area contributed by atoms with E-state index in [2.05, 4.69) is 15.5 Å². The van der Waals surface area contributed by atoms with Crippen molar-refractivity contribution in [3.05, 3.63) is 23.8 Å². The number of hydrogen-bond donors (Lipinski definition) is 1. The Balaban J connectivity index is 2.10. The lowest BCUT2D eigenvalue weighted by Crippen LogP contribution is -2.44. The Morgan fingerprint density at radius 3 is 2.78 bits per heavy atom. The van der Waals surface area contributed by atoms with E-state index in [0.717, 1.165) is 11.8 Å². The van der Waals surface area contributed by atoms with Crippen molar-refractivity contribution in [1.82, 2.24) is 5.32 Å². The summed E-state index contributed by atoms with van der Waals surface area (Å²) in [6, 6.07) is 5.18. The Labute approximate surface area is 136 Å². The molecular formula is C14H14N3O5S-. The number of methoxy groups -OCH3 is 2. The fraction of sp³-hybridized carbons (Fsp3) is 0.286. The summed E-state index contributed by atoms with van der Waals surface area (Å²) in [7, 11) is 3.06. The summed E-state index contributed by atoms with van der Waals surface area (Å²) in [5.41, 5.74) is 0.704. The number of carboxylic acid groups (broad SMARTS) is 1. The van der Waals surface area contributed by atoms with Crippen LogP contribution in [0.4, 0.5) is 0 Å². The molecule has 0 radical (unpaired) electrons. The smallest absolute Gasteiger partial charge is 0.227 e. The number of thioether (sulfide) groups is 1. The number of aliphatic carboxylic acids is 1. The van der Waals surface area contributed by atoms with Gasteiger partial charge in [0.1, 0.15) is 0 Å². The van der Waals surface area contributed by atoms with E-state index in [1.165, 1.54) is 20.4 Å². The number of nitrogens with zero attached hydrogens (tertiary/aromatic N) is 2. The van der Waals surface area contributed by atoms with E-state index < -0.39 is 17.1 Å². The summed E-state index contributed by atoms with van der Waals surface area (Å²) in [4.78, 5) is 22.2. The fourth-order valence-corrected chi connectivity index (χ4v) is 2.67.